The highest BCUT2D eigenvalue weighted by molar-refractivity contribution is 6.31. The summed E-state index contributed by atoms with van der Waals surface area (Å²) >= 11 is 0. The summed E-state index contributed by atoms with van der Waals surface area (Å²) in [6.45, 7) is 4.64. The third-order valence-electron chi connectivity index (χ3n) is 7.69. The molecule has 0 spiro atoms. The SMILES string of the molecule is COc1c(C)ccc2c1C(=O)c1c(O)c3c(c(O)c1C2=O)CC(C)(O)CC3OC1OC(C)C(O)C(O)C1O. The molecule has 2 aliphatic carbocycles. The van der Waals surface area contributed by atoms with Crippen molar-refractivity contribution in [1.29, 1.82) is 0 Å². The second-order valence-electron chi connectivity index (χ2n) is 10.5. The minimum absolute atomic E-state index is 0.00473. The number of aryl methyl sites for hydroxylation is 1. The second kappa shape index (κ2) is 9.01. The maximum atomic E-state index is 13.7. The number of aromatic hydroxyl groups is 2. The topological polar surface area (TPSA) is 183 Å². The van der Waals surface area contributed by atoms with Crippen LogP contribution in [0.2, 0.25) is 0 Å². The third-order valence-corrected chi connectivity index (χ3v) is 7.69. The number of carbonyl (C=O) groups is 2. The number of ketones is 2. The van der Waals surface area contributed by atoms with E-state index in [1.54, 1.807) is 13.0 Å². The van der Waals surface area contributed by atoms with Crippen LogP contribution in [0.5, 0.6) is 17.2 Å². The van der Waals surface area contributed by atoms with Gasteiger partial charge >= 0.3 is 0 Å². The first-order valence-electron chi connectivity index (χ1n) is 12.2. The number of aliphatic hydroxyl groups is 4. The van der Waals surface area contributed by atoms with Crippen LogP contribution in [0, 0.1) is 6.92 Å². The first-order chi connectivity index (χ1) is 17.8. The number of aliphatic hydroxyl groups excluding tert-OH is 3. The monoisotopic (exact) mass is 530 g/mol. The molecule has 7 unspecified atom stereocenters. The highest BCUT2D eigenvalue weighted by Crippen LogP contribution is 2.52. The number of benzene rings is 2. The number of rotatable bonds is 3. The average Bonchev–Trinajstić information content (AvgIpc) is 2.85. The average molecular weight is 531 g/mol. The molecule has 0 amide bonds. The molecule has 7 atom stereocenters. The minimum atomic E-state index is -1.67. The highest BCUT2D eigenvalue weighted by atomic mass is 16.7. The number of fused-ring (bicyclic) bond motifs is 3. The van der Waals surface area contributed by atoms with Crippen LogP contribution in [0.25, 0.3) is 0 Å². The van der Waals surface area contributed by atoms with Crippen LogP contribution < -0.4 is 4.74 Å². The fourth-order valence-electron chi connectivity index (χ4n) is 5.74. The van der Waals surface area contributed by atoms with Crippen LogP contribution in [-0.4, -0.2) is 85.6 Å². The number of carbonyl (C=O) groups excluding carboxylic acids is 2. The fourth-order valence-corrected chi connectivity index (χ4v) is 5.74. The van der Waals surface area contributed by atoms with Crippen molar-refractivity contribution in [2.24, 2.45) is 0 Å². The van der Waals surface area contributed by atoms with E-state index < -0.39 is 71.0 Å². The van der Waals surface area contributed by atoms with E-state index in [0.717, 1.165) is 0 Å². The molecule has 6 N–H and O–H groups in total. The van der Waals surface area contributed by atoms with Gasteiger partial charge in [-0.15, -0.1) is 0 Å². The Kier molecular flexibility index (Phi) is 6.29. The van der Waals surface area contributed by atoms with Crippen LogP contribution in [0.1, 0.15) is 74.9 Å². The van der Waals surface area contributed by atoms with Gasteiger partial charge in [-0.3, -0.25) is 9.59 Å². The molecule has 1 aliphatic heterocycles. The van der Waals surface area contributed by atoms with E-state index in [1.807, 2.05) is 0 Å². The third kappa shape index (κ3) is 3.81. The molecule has 1 fully saturated rings. The van der Waals surface area contributed by atoms with Crippen molar-refractivity contribution in [3.63, 3.8) is 0 Å². The first kappa shape index (κ1) is 26.5. The van der Waals surface area contributed by atoms with Gasteiger partial charge in [0.1, 0.15) is 35.6 Å². The van der Waals surface area contributed by atoms with Gasteiger partial charge in [-0.05, 0) is 32.4 Å². The maximum Gasteiger partial charge on any atom is 0.202 e. The molecule has 5 rings (SSSR count). The zero-order valence-electron chi connectivity index (χ0n) is 21.3. The van der Waals surface area contributed by atoms with E-state index in [2.05, 4.69) is 0 Å². The predicted octanol–water partition coefficient (Wildman–Crippen LogP) is 0.773. The summed E-state index contributed by atoms with van der Waals surface area (Å²) < 4.78 is 16.8. The summed E-state index contributed by atoms with van der Waals surface area (Å²) in [5.41, 5.74) is -1.79. The van der Waals surface area contributed by atoms with E-state index >= 15 is 0 Å². The molecule has 38 heavy (non-hydrogen) atoms. The Morgan fingerprint density at radius 2 is 1.63 bits per heavy atom. The molecule has 11 nitrogen and oxygen atoms in total. The number of hydrogen-bond acceptors (Lipinski definition) is 11. The quantitative estimate of drug-likeness (QED) is 0.263. The van der Waals surface area contributed by atoms with Crippen LogP contribution in [0.15, 0.2) is 12.1 Å². The lowest BCUT2D eigenvalue weighted by Gasteiger charge is -2.43. The summed E-state index contributed by atoms with van der Waals surface area (Å²) in [6, 6.07) is 3.07. The normalized spacial score (nSPS) is 32.4. The van der Waals surface area contributed by atoms with E-state index in [-0.39, 0.29) is 46.4 Å². The zero-order chi connectivity index (χ0) is 27.8. The Morgan fingerprint density at radius 1 is 0.974 bits per heavy atom. The van der Waals surface area contributed by atoms with E-state index in [1.165, 1.54) is 27.0 Å². The lowest BCUT2D eigenvalue weighted by molar-refractivity contribution is -0.308. The van der Waals surface area contributed by atoms with Crippen molar-refractivity contribution in [2.75, 3.05) is 7.11 Å². The fraction of sp³-hybridized carbons (Fsp3) is 0.481. The number of methoxy groups -OCH3 is 1. The van der Waals surface area contributed by atoms with Gasteiger partial charge < -0.3 is 44.8 Å². The summed E-state index contributed by atoms with van der Waals surface area (Å²) in [5.74, 6) is -2.44. The van der Waals surface area contributed by atoms with Crippen molar-refractivity contribution in [1.82, 2.24) is 0 Å². The molecule has 11 heteroatoms. The Balaban J connectivity index is 1.67. The second-order valence-corrected chi connectivity index (χ2v) is 10.5. The van der Waals surface area contributed by atoms with Gasteiger partial charge in [0.2, 0.25) is 5.78 Å². The molecule has 0 bridgehead atoms. The van der Waals surface area contributed by atoms with Gasteiger partial charge in [0, 0.05) is 29.5 Å². The lowest BCUT2D eigenvalue weighted by Crippen LogP contribution is -2.57. The minimum Gasteiger partial charge on any atom is -0.507 e. The van der Waals surface area contributed by atoms with Crippen molar-refractivity contribution in [3.8, 4) is 17.2 Å². The molecule has 1 saturated heterocycles. The highest BCUT2D eigenvalue weighted by Gasteiger charge is 2.48. The summed E-state index contributed by atoms with van der Waals surface area (Å²) in [4.78, 5) is 27.2. The molecule has 204 valence electrons. The molecule has 0 aromatic heterocycles. The number of phenolic OH excluding ortho intramolecular Hbond substituents is 2. The molecular weight excluding hydrogens is 500 g/mol. The molecule has 0 saturated carbocycles. The van der Waals surface area contributed by atoms with Crippen LogP contribution >= 0.6 is 0 Å². The van der Waals surface area contributed by atoms with Gasteiger partial charge in [0.25, 0.3) is 0 Å². The van der Waals surface area contributed by atoms with Crippen LogP contribution in [0.3, 0.4) is 0 Å². The van der Waals surface area contributed by atoms with Gasteiger partial charge in [-0.25, -0.2) is 0 Å². The molecule has 2 aromatic carbocycles. The Hall–Kier alpha value is -3.06. The van der Waals surface area contributed by atoms with E-state index in [4.69, 9.17) is 14.2 Å². The summed E-state index contributed by atoms with van der Waals surface area (Å²) in [5, 5.41) is 64.4. The molecule has 2 aromatic rings. The Bertz CT molecular complexity index is 1350. The maximum absolute atomic E-state index is 13.7. The number of phenols is 2. The van der Waals surface area contributed by atoms with E-state index in [9.17, 15) is 40.2 Å². The van der Waals surface area contributed by atoms with Gasteiger partial charge in [-0.1, -0.05) is 6.07 Å². The first-order valence-corrected chi connectivity index (χ1v) is 12.2. The Morgan fingerprint density at radius 3 is 2.29 bits per heavy atom. The summed E-state index contributed by atoms with van der Waals surface area (Å²) in [7, 11) is 1.36. The van der Waals surface area contributed by atoms with E-state index in [0.29, 0.717) is 5.56 Å². The molecule has 0 radical (unpaired) electrons. The smallest absolute Gasteiger partial charge is 0.202 e. The van der Waals surface area contributed by atoms with Gasteiger partial charge in [0.05, 0.1) is 41.6 Å². The number of hydrogen-bond donors (Lipinski definition) is 6. The zero-order valence-corrected chi connectivity index (χ0v) is 21.3. The van der Waals surface area contributed by atoms with Crippen molar-refractivity contribution < 1.29 is 54.4 Å². The lowest BCUT2D eigenvalue weighted by atomic mass is 9.73. The van der Waals surface area contributed by atoms with Crippen molar-refractivity contribution >= 4 is 11.6 Å². The number of ether oxygens (including phenoxy) is 3. The van der Waals surface area contributed by atoms with Crippen molar-refractivity contribution in [2.45, 2.75) is 76.0 Å². The largest absolute Gasteiger partial charge is 0.507 e. The molecule has 1 heterocycles. The Labute approximate surface area is 217 Å². The standard InChI is InChI=1S/C27H30O11/c1-9-5-6-11-15(25(9)36-4)22(32)17-16(19(11)29)20(30)12-7-27(3,35)8-13(14(12)21(17)31)38-26-24(34)23(33)18(28)10(2)37-26/h5-6,10,13,18,23-24,26,28,30-31,33-35H,7-8H2,1-4H3. The van der Waals surface area contributed by atoms with Crippen molar-refractivity contribution in [3.05, 3.63) is 51.1 Å². The van der Waals surface area contributed by atoms with Gasteiger partial charge in [0.15, 0.2) is 12.1 Å². The van der Waals surface area contributed by atoms with Gasteiger partial charge in [-0.2, -0.15) is 0 Å². The molecule has 3 aliphatic rings. The predicted molar refractivity (Wildman–Crippen MR) is 129 cm³/mol. The van der Waals surface area contributed by atoms with Crippen LogP contribution in [0.4, 0.5) is 0 Å². The van der Waals surface area contributed by atoms with Crippen LogP contribution in [-0.2, 0) is 15.9 Å². The molecular formula is C27H30O11. The summed E-state index contributed by atoms with van der Waals surface area (Å²) in [6.07, 6.45) is -8.59.